The van der Waals surface area contributed by atoms with Gasteiger partial charge in [-0.05, 0) is 30.7 Å². The lowest BCUT2D eigenvalue weighted by atomic mass is 10.1. The number of benzene rings is 1. The second-order valence-electron chi connectivity index (χ2n) is 5.03. The lowest BCUT2D eigenvalue weighted by Gasteiger charge is -2.11. The van der Waals surface area contributed by atoms with E-state index < -0.39 is 28.3 Å². The number of fused-ring (bicyclic) bond motifs is 1. The zero-order valence-corrected chi connectivity index (χ0v) is 14.2. The molecule has 0 fully saturated rings. The average Bonchev–Trinajstić information content (AvgIpc) is 2.94. The van der Waals surface area contributed by atoms with Crippen LogP contribution in [0.3, 0.4) is 0 Å². The lowest BCUT2D eigenvalue weighted by Crippen LogP contribution is -2.22. The summed E-state index contributed by atoms with van der Waals surface area (Å²) in [5, 5.41) is 9.99. The second kappa shape index (κ2) is 7.81. The maximum Gasteiger partial charge on any atom is 0.346 e. The Kier molecular flexibility index (Phi) is 5.77. The van der Waals surface area contributed by atoms with Gasteiger partial charge in [0.05, 0.1) is 12.3 Å². The van der Waals surface area contributed by atoms with Gasteiger partial charge in [-0.1, -0.05) is 24.3 Å². The number of hydrogen-bond acceptors (Lipinski definition) is 5. The van der Waals surface area contributed by atoms with Crippen molar-refractivity contribution in [2.75, 3.05) is 6.61 Å². The molecule has 1 aromatic heterocycles. The minimum Gasteiger partial charge on any atom is -0.505 e. The van der Waals surface area contributed by atoms with Crippen molar-refractivity contribution in [2.45, 2.75) is 13.5 Å². The average molecular weight is 362 g/mol. The highest BCUT2D eigenvalue weighted by molar-refractivity contribution is 6.84. The van der Waals surface area contributed by atoms with E-state index in [0.29, 0.717) is 6.54 Å². The summed E-state index contributed by atoms with van der Waals surface area (Å²) in [7, 11) is 0. The van der Waals surface area contributed by atoms with Crippen LogP contribution >= 0.6 is 11.6 Å². The lowest BCUT2D eigenvalue weighted by molar-refractivity contribution is -0.141. The fraction of sp³-hybridized carbons (Fsp3) is 0.167. The molecule has 0 bridgehead atoms. The fourth-order valence-electron chi connectivity index (χ4n) is 2.46. The molecule has 0 aliphatic heterocycles. The molecule has 25 heavy (non-hydrogen) atoms. The molecule has 0 aliphatic carbocycles. The second-order valence-corrected chi connectivity index (χ2v) is 5.38. The van der Waals surface area contributed by atoms with Crippen LogP contribution in [0.4, 0.5) is 0 Å². The van der Waals surface area contributed by atoms with E-state index >= 15 is 0 Å². The molecule has 0 spiro atoms. The molecule has 0 aliphatic rings. The normalized spacial score (nSPS) is 11.8. The first kappa shape index (κ1) is 18.5. The number of aliphatic hydroxyl groups excluding tert-OH is 1. The van der Waals surface area contributed by atoms with Crippen molar-refractivity contribution >= 4 is 45.3 Å². The molecule has 7 heteroatoms. The van der Waals surface area contributed by atoms with E-state index in [2.05, 4.69) is 6.58 Å². The molecule has 0 atom stereocenters. The van der Waals surface area contributed by atoms with Gasteiger partial charge in [-0.2, -0.15) is 0 Å². The summed E-state index contributed by atoms with van der Waals surface area (Å²) in [5.41, 5.74) is 0.141. The number of Topliss-reactive ketones (excluding diaryl/α,β-unsaturated/α-hetero) is 1. The number of halogens is 1. The molecule has 0 saturated carbocycles. The predicted octanol–water partition coefficient (Wildman–Crippen LogP) is 2.99. The Hall–Kier alpha value is -2.86. The Balaban J connectivity index is 2.76. The van der Waals surface area contributed by atoms with E-state index in [9.17, 15) is 19.5 Å². The first-order valence-corrected chi connectivity index (χ1v) is 7.84. The Bertz CT molecular complexity index is 894. The zero-order chi connectivity index (χ0) is 18.6. The summed E-state index contributed by atoms with van der Waals surface area (Å²) < 4.78 is 6.43. The molecule has 0 unspecified atom stereocenters. The van der Waals surface area contributed by atoms with E-state index in [1.807, 2.05) is 24.3 Å². The van der Waals surface area contributed by atoms with E-state index in [0.717, 1.165) is 10.9 Å². The summed E-state index contributed by atoms with van der Waals surface area (Å²) >= 11 is 5.21. The van der Waals surface area contributed by atoms with Crippen molar-refractivity contribution < 1.29 is 24.2 Å². The number of para-hydroxylation sites is 1. The first-order chi connectivity index (χ1) is 11.9. The molecule has 0 radical (unpaired) electrons. The van der Waals surface area contributed by atoms with Crippen molar-refractivity contribution in [3.63, 3.8) is 0 Å². The minimum absolute atomic E-state index is 0.0327. The van der Waals surface area contributed by atoms with E-state index in [-0.39, 0.29) is 12.3 Å². The van der Waals surface area contributed by atoms with Gasteiger partial charge >= 0.3 is 5.97 Å². The molecular weight excluding hydrogens is 346 g/mol. The topological polar surface area (TPSA) is 85.6 Å². The standard InChI is InChI=1S/C18H16ClNO5/c1-3-9-20-12-8-6-5-7-11(12)10-13(20)15(21)14(16(22)17(19)23)18(24)25-4-2/h3,5-8,10,21H,1,4,9H2,2H3/b15-14-. The third-order valence-electron chi connectivity index (χ3n) is 3.49. The van der Waals surface area contributed by atoms with Crippen LogP contribution in [0.1, 0.15) is 12.6 Å². The van der Waals surface area contributed by atoms with E-state index in [1.54, 1.807) is 16.7 Å². The smallest absolute Gasteiger partial charge is 0.346 e. The van der Waals surface area contributed by atoms with Crippen LogP contribution in [0.2, 0.25) is 0 Å². The summed E-state index contributed by atoms with van der Waals surface area (Å²) in [4.78, 5) is 35.4. The molecule has 0 amide bonds. The van der Waals surface area contributed by atoms with Crippen molar-refractivity contribution in [3.8, 4) is 0 Å². The van der Waals surface area contributed by atoms with Crippen LogP contribution in [0.5, 0.6) is 0 Å². The summed E-state index contributed by atoms with van der Waals surface area (Å²) in [5.74, 6) is -3.11. The van der Waals surface area contributed by atoms with Crippen LogP contribution in [-0.4, -0.2) is 33.3 Å². The molecule has 2 aromatic rings. The van der Waals surface area contributed by atoms with Gasteiger partial charge in [0, 0.05) is 17.4 Å². The highest BCUT2D eigenvalue weighted by Gasteiger charge is 2.31. The number of ether oxygens (including phenoxy) is 1. The number of allylic oxidation sites excluding steroid dienone is 1. The van der Waals surface area contributed by atoms with Crippen LogP contribution in [0.15, 0.2) is 48.6 Å². The van der Waals surface area contributed by atoms with Gasteiger partial charge in [-0.3, -0.25) is 9.59 Å². The van der Waals surface area contributed by atoms with Gasteiger partial charge < -0.3 is 14.4 Å². The Morgan fingerprint density at radius 2 is 2.00 bits per heavy atom. The van der Waals surface area contributed by atoms with Crippen molar-refractivity contribution in [1.29, 1.82) is 0 Å². The van der Waals surface area contributed by atoms with Crippen molar-refractivity contribution in [2.24, 2.45) is 0 Å². The van der Waals surface area contributed by atoms with Gasteiger partial charge in [-0.25, -0.2) is 4.79 Å². The first-order valence-electron chi connectivity index (χ1n) is 7.46. The summed E-state index contributed by atoms with van der Waals surface area (Å²) in [6.45, 7) is 5.48. The number of aromatic nitrogens is 1. The maximum absolute atomic E-state index is 12.1. The molecule has 0 saturated heterocycles. The molecule has 1 N–H and O–H groups in total. The third kappa shape index (κ3) is 3.64. The van der Waals surface area contributed by atoms with Gasteiger partial charge in [0.2, 0.25) is 0 Å². The minimum atomic E-state index is -1.39. The number of nitrogens with zero attached hydrogens (tertiary/aromatic N) is 1. The predicted molar refractivity (Wildman–Crippen MR) is 94.2 cm³/mol. The summed E-state index contributed by atoms with van der Waals surface area (Å²) in [6, 6.07) is 8.84. The monoisotopic (exact) mass is 361 g/mol. The van der Waals surface area contributed by atoms with Crippen molar-refractivity contribution in [1.82, 2.24) is 4.57 Å². The molecule has 2 rings (SSSR count). The number of aliphatic hydroxyl groups is 1. The van der Waals surface area contributed by atoms with E-state index in [4.69, 9.17) is 16.3 Å². The number of ketones is 1. The van der Waals surface area contributed by atoms with E-state index in [1.165, 1.54) is 6.92 Å². The van der Waals surface area contributed by atoms with Gasteiger partial charge in [0.25, 0.3) is 11.0 Å². The highest BCUT2D eigenvalue weighted by atomic mass is 35.5. The highest BCUT2D eigenvalue weighted by Crippen LogP contribution is 2.27. The third-order valence-corrected chi connectivity index (χ3v) is 3.66. The largest absolute Gasteiger partial charge is 0.505 e. The van der Waals surface area contributed by atoms with Crippen LogP contribution in [-0.2, 0) is 25.7 Å². The number of carbonyl (C=O) groups excluding carboxylic acids is 3. The Morgan fingerprint density at radius 1 is 1.32 bits per heavy atom. The zero-order valence-electron chi connectivity index (χ0n) is 13.5. The van der Waals surface area contributed by atoms with Crippen molar-refractivity contribution in [3.05, 3.63) is 54.3 Å². The molecular formula is C18H16ClNO5. The Morgan fingerprint density at radius 3 is 2.60 bits per heavy atom. The van der Waals surface area contributed by atoms with Gasteiger partial charge in [-0.15, -0.1) is 6.58 Å². The van der Waals surface area contributed by atoms with Gasteiger partial charge in [0.15, 0.2) is 11.3 Å². The molecule has 6 nitrogen and oxygen atoms in total. The Labute approximate surface area is 148 Å². The number of rotatable bonds is 7. The SMILES string of the molecule is C=CCn1c(/C(O)=C(/C(=O)OCC)C(=O)C(=O)Cl)cc2ccccc21. The number of carbonyl (C=O) groups is 3. The molecule has 1 heterocycles. The molecule has 130 valence electrons. The van der Waals surface area contributed by atoms with Crippen LogP contribution in [0, 0.1) is 0 Å². The number of hydrogen-bond donors (Lipinski definition) is 1. The summed E-state index contributed by atoms with van der Waals surface area (Å²) in [6.07, 6.45) is 1.60. The van der Waals surface area contributed by atoms with Gasteiger partial charge in [0.1, 0.15) is 0 Å². The molecule has 1 aromatic carbocycles. The van der Waals surface area contributed by atoms with Crippen LogP contribution < -0.4 is 0 Å². The fourth-order valence-corrected chi connectivity index (χ4v) is 2.55. The maximum atomic E-state index is 12.1. The quantitative estimate of drug-likeness (QED) is 0.120. The van der Waals surface area contributed by atoms with Crippen LogP contribution in [0.25, 0.3) is 16.7 Å². The number of esters is 1.